The zero-order valence-electron chi connectivity index (χ0n) is 14.5. The van der Waals surface area contributed by atoms with Gasteiger partial charge in [0.25, 0.3) is 0 Å². The van der Waals surface area contributed by atoms with Gasteiger partial charge in [0.05, 0.1) is 7.11 Å². The van der Waals surface area contributed by atoms with Gasteiger partial charge in [-0.2, -0.15) is 0 Å². The van der Waals surface area contributed by atoms with E-state index in [1.165, 1.54) is 5.56 Å². The Morgan fingerprint density at radius 1 is 1.04 bits per heavy atom. The van der Waals surface area contributed by atoms with Crippen LogP contribution in [0.2, 0.25) is 0 Å². The summed E-state index contributed by atoms with van der Waals surface area (Å²) in [6.45, 7) is 8.24. The van der Waals surface area contributed by atoms with E-state index in [4.69, 9.17) is 9.47 Å². The molecule has 0 N–H and O–H groups in total. The molecule has 0 radical (unpaired) electrons. The van der Waals surface area contributed by atoms with Gasteiger partial charge in [-0.3, -0.25) is 4.79 Å². The average molecular weight is 312 g/mol. The molecule has 3 nitrogen and oxygen atoms in total. The van der Waals surface area contributed by atoms with Crippen LogP contribution in [0.3, 0.4) is 0 Å². The summed E-state index contributed by atoms with van der Waals surface area (Å²) in [5, 5.41) is 0. The number of ether oxygens (including phenoxy) is 2. The van der Waals surface area contributed by atoms with E-state index in [9.17, 15) is 4.79 Å². The lowest BCUT2D eigenvalue weighted by Gasteiger charge is -2.18. The van der Waals surface area contributed by atoms with Crippen LogP contribution in [0.15, 0.2) is 42.5 Å². The lowest BCUT2D eigenvalue weighted by molar-refractivity contribution is 0.0858. The van der Waals surface area contributed by atoms with Gasteiger partial charge in [0.15, 0.2) is 17.3 Å². The molecular weight excluding hydrogens is 288 g/mol. The highest BCUT2D eigenvalue weighted by molar-refractivity contribution is 6.00. The van der Waals surface area contributed by atoms with E-state index in [1.807, 2.05) is 32.9 Å². The second-order valence-electron chi connectivity index (χ2n) is 6.72. The molecule has 0 heterocycles. The topological polar surface area (TPSA) is 35.5 Å². The zero-order chi connectivity index (χ0) is 17.0. The van der Waals surface area contributed by atoms with E-state index >= 15 is 0 Å². The smallest absolute Gasteiger partial charge is 0.168 e. The molecule has 3 heteroatoms. The number of hydrogen-bond donors (Lipinski definition) is 0. The Bertz CT molecular complexity index is 696. The second kappa shape index (κ2) is 6.86. The van der Waals surface area contributed by atoms with Gasteiger partial charge in [-0.05, 0) is 30.7 Å². The summed E-state index contributed by atoms with van der Waals surface area (Å²) in [5.41, 5.74) is 2.51. The lowest BCUT2D eigenvalue weighted by atomic mass is 9.86. The fraction of sp³-hybridized carbons (Fsp3) is 0.350. The van der Waals surface area contributed by atoms with Crippen LogP contribution in [0.4, 0.5) is 0 Å². The van der Waals surface area contributed by atoms with Crippen LogP contribution in [-0.2, 0) is 6.61 Å². The molecule has 2 rings (SSSR count). The molecule has 0 aliphatic rings. The molecule has 0 bridgehead atoms. The number of carbonyl (C=O) groups excluding carboxylic acids is 1. The standard InChI is InChI=1S/C20H24O3/c1-14-7-6-8-15(11-14)13-23-17-10-9-16(12-18(17)22-5)19(21)20(2,3)4/h6-12H,13H2,1-5H3. The Morgan fingerprint density at radius 2 is 1.78 bits per heavy atom. The Morgan fingerprint density at radius 3 is 2.39 bits per heavy atom. The maximum Gasteiger partial charge on any atom is 0.168 e. The predicted molar refractivity (Wildman–Crippen MR) is 92.3 cm³/mol. The normalized spacial score (nSPS) is 11.2. The lowest BCUT2D eigenvalue weighted by Crippen LogP contribution is -2.20. The van der Waals surface area contributed by atoms with Gasteiger partial charge in [-0.1, -0.05) is 50.6 Å². The van der Waals surface area contributed by atoms with Crippen molar-refractivity contribution in [1.82, 2.24) is 0 Å². The van der Waals surface area contributed by atoms with Crippen molar-refractivity contribution in [2.24, 2.45) is 5.41 Å². The van der Waals surface area contributed by atoms with Crippen molar-refractivity contribution in [2.45, 2.75) is 34.3 Å². The molecule has 0 saturated heterocycles. The Hall–Kier alpha value is -2.29. The zero-order valence-corrected chi connectivity index (χ0v) is 14.5. The molecule has 2 aromatic carbocycles. The number of hydrogen-bond acceptors (Lipinski definition) is 3. The molecule has 2 aromatic rings. The number of ketones is 1. The first-order valence-electron chi connectivity index (χ1n) is 7.72. The van der Waals surface area contributed by atoms with E-state index in [0.717, 1.165) is 5.56 Å². The summed E-state index contributed by atoms with van der Waals surface area (Å²) < 4.78 is 11.2. The van der Waals surface area contributed by atoms with E-state index in [2.05, 4.69) is 19.1 Å². The van der Waals surface area contributed by atoms with Gasteiger partial charge in [-0.15, -0.1) is 0 Å². The van der Waals surface area contributed by atoms with Crippen LogP contribution in [-0.4, -0.2) is 12.9 Å². The average Bonchev–Trinajstić information content (AvgIpc) is 2.51. The minimum Gasteiger partial charge on any atom is -0.493 e. The maximum atomic E-state index is 12.4. The van der Waals surface area contributed by atoms with Gasteiger partial charge < -0.3 is 9.47 Å². The van der Waals surface area contributed by atoms with Crippen LogP contribution in [0, 0.1) is 12.3 Å². The molecule has 0 spiro atoms. The summed E-state index contributed by atoms with van der Waals surface area (Å²) >= 11 is 0. The highest BCUT2D eigenvalue weighted by Gasteiger charge is 2.23. The van der Waals surface area contributed by atoms with Crippen LogP contribution < -0.4 is 9.47 Å². The van der Waals surface area contributed by atoms with Crippen molar-refractivity contribution >= 4 is 5.78 Å². The minimum absolute atomic E-state index is 0.0843. The van der Waals surface area contributed by atoms with E-state index < -0.39 is 5.41 Å². The van der Waals surface area contributed by atoms with Crippen LogP contribution in [0.25, 0.3) is 0 Å². The number of Topliss-reactive ketones (excluding diaryl/α,β-unsaturated/α-hetero) is 1. The molecule has 23 heavy (non-hydrogen) atoms. The van der Waals surface area contributed by atoms with Crippen molar-refractivity contribution in [3.63, 3.8) is 0 Å². The summed E-state index contributed by atoms with van der Waals surface area (Å²) in [7, 11) is 1.58. The van der Waals surface area contributed by atoms with Crippen molar-refractivity contribution in [3.05, 3.63) is 59.2 Å². The highest BCUT2D eigenvalue weighted by atomic mass is 16.5. The number of methoxy groups -OCH3 is 1. The first-order chi connectivity index (χ1) is 10.8. The fourth-order valence-electron chi connectivity index (χ4n) is 2.32. The molecule has 0 saturated carbocycles. The van der Waals surface area contributed by atoms with Gasteiger partial charge in [-0.25, -0.2) is 0 Å². The molecule has 0 unspecified atom stereocenters. The van der Waals surface area contributed by atoms with Crippen molar-refractivity contribution in [3.8, 4) is 11.5 Å². The molecule has 122 valence electrons. The second-order valence-corrected chi connectivity index (χ2v) is 6.72. The summed E-state index contributed by atoms with van der Waals surface area (Å²) in [6.07, 6.45) is 0. The number of carbonyl (C=O) groups is 1. The van der Waals surface area contributed by atoms with E-state index in [-0.39, 0.29) is 5.78 Å². The first kappa shape index (κ1) is 17.1. The van der Waals surface area contributed by atoms with Crippen molar-refractivity contribution < 1.29 is 14.3 Å². The number of rotatable bonds is 5. The number of aryl methyl sites for hydroxylation is 1. The number of benzene rings is 2. The van der Waals surface area contributed by atoms with Crippen LogP contribution >= 0.6 is 0 Å². The first-order valence-corrected chi connectivity index (χ1v) is 7.72. The third-order valence-corrected chi connectivity index (χ3v) is 3.58. The molecule has 0 atom stereocenters. The molecule has 0 aromatic heterocycles. The molecular formula is C20H24O3. The Kier molecular flexibility index (Phi) is 5.09. The van der Waals surface area contributed by atoms with Crippen molar-refractivity contribution in [2.75, 3.05) is 7.11 Å². The summed E-state index contributed by atoms with van der Waals surface area (Å²) in [4.78, 5) is 12.4. The largest absolute Gasteiger partial charge is 0.493 e. The highest BCUT2D eigenvalue weighted by Crippen LogP contribution is 2.31. The predicted octanol–water partition coefficient (Wildman–Crippen LogP) is 4.81. The van der Waals surface area contributed by atoms with Crippen LogP contribution in [0.1, 0.15) is 42.3 Å². The molecule has 0 fully saturated rings. The van der Waals surface area contributed by atoms with E-state index in [0.29, 0.717) is 23.7 Å². The molecule has 0 amide bonds. The van der Waals surface area contributed by atoms with Gasteiger partial charge in [0.2, 0.25) is 0 Å². The SMILES string of the molecule is COc1cc(C(=O)C(C)(C)C)ccc1OCc1cccc(C)c1. The van der Waals surface area contributed by atoms with E-state index in [1.54, 1.807) is 25.3 Å². The van der Waals surface area contributed by atoms with Crippen molar-refractivity contribution in [1.29, 1.82) is 0 Å². The third-order valence-electron chi connectivity index (χ3n) is 3.58. The molecule has 0 aliphatic heterocycles. The summed E-state index contributed by atoms with van der Waals surface area (Å²) in [5.74, 6) is 1.30. The fourth-order valence-corrected chi connectivity index (χ4v) is 2.32. The maximum absolute atomic E-state index is 12.4. The molecule has 0 aliphatic carbocycles. The van der Waals surface area contributed by atoms with Gasteiger partial charge in [0, 0.05) is 11.0 Å². The Balaban J connectivity index is 2.18. The third kappa shape index (κ3) is 4.35. The summed E-state index contributed by atoms with van der Waals surface area (Å²) in [6, 6.07) is 13.5. The minimum atomic E-state index is -0.422. The van der Waals surface area contributed by atoms with Crippen LogP contribution in [0.5, 0.6) is 11.5 Å². The quantitative estimate of drug-likeness (QED) is 0.743. The van der Waals surface area contributed by atoms with Gasteiger partial charge >= 0.3 is 0 Å². The monoisotopic (exact) mass is 312 g/mol. The van der Waals surface area contributed by atoms with Gasteiger partial charge in [0.1, 0.15) is 6.61 Å². The Labute approximate surface area is 138 Å².